The van der Waals surface area contributed by atoms with Gasteiger partial charge in [0.25, 0.3) is 0 Å². The van der Waals surface area contributed by atoms with Gasteiger partial charge in [-0.1, -0.05) is 12.7 Å². The van der Waals surface area contributed by atoms with Crippen molar-refractivity contribution >= 4 is 0 Å². The highest BCUT2D eigenvalue weighted by atomic mass is 16.5. The first-order valence-electron chi connectivity index (χ1n) is 2.98. The summed E-state index contributed by atoms with van der Waals surface area (Å²) in [6, 6.07) is 0. The van der Waals surface area contributed by atoms with Crippen molar-refractivity contribution in [2.45, 2.75) is 6.92 Å². The lowest BCUT2D eigenvalue weighted by atomic mass is 10.3. The predicted molar refractivity (Wildman–Crippen MR) is 41.7 cm³/mol. The van der Waals surface area contributed by atoms with Crippen LogP contribution >= 0.6 is 0 Å². The zero-order chi connectivity index (χ0) is 7.98. The molecule has 0 saturated carbocycles. The summed E-state index contributed by atoms with van der Waals surface area (Å²) in [6.45, 7) is 5.23. The smallest absolute Gasteiger partial charge is 0.160 e. The van der Waals surface area contributed by atoms with E-state index in [1.807, 2.05) is 6.92 Å². The minimum absolute atomic E-state index is 0.0561. The molecule has 10 heavy (non-hydrogen) atoms. The second kappa shape index (κ2) is 4.68. The van der Waals surface area contributed by atoms with Crippen molar-refractivity contribution in [2.24, 2.45) is 0 Å². The number of methoxy groups -OCH3 is 1. The van der Waals surface area contributed by atoms with E-state index in [2.05, 4.69) is 6.58 Å². The highest BCUT2D eigenvalue weighted by Gasteiger charge is 1.94. The first kappa shape index (κ1) is 8.82. The minimum atomic E-state index is 0.0561. The first-order valence-corrected chi connectivity index (χ1v) is 2.98. The zero-order valence-electron chi connectivity index (χ0n) is 6.29. The van der Waals surface area contributed by atoms with E-state index < -0.39 is 0 Å². The number of aliphatic hydroxyl groups excluding tert-OH is 1. The van der Waals surface area contributed by atoms with Crippen molar-refractivity contribution < 1.29 is 9.84 Å². The van der Waals surface area contributed by atoms with Crippen molar-refractivity contribution in [2.75, 3.05) is 7.11 Å². The third-order valence-corrected chi connectivity index (χ3v) is 0.984. The first-order chi connectivity index (χ1) is 4.76. The number of hydrogen-bond acceptors (Lipinski definition) is 2. The molecule has 0 aromatic carbocycles. The maximum absolute atomic E-state index is 9.03. The van der Waals surface area contributed by atoms with Crippen LogP contribution in [0.15, 0.2) is 36.3 Å². The van der Waals surface area contributed by atoms with E-state index in [1.165, 1.54) is 13.2 Å². The van der Waals surface area contributed by atoms with E-state index in [9.17, 15) is 0 Å². The molecule has 0 saturated heterocycles. The van der Waals surface area contributed by atoms with Gasteiger partial charge < -0.3 is 9.84 Å². The van der Waals surface area contributed by atoms with Gasteiger partial charge in [0.05, 0.1) is 7.11 Å². The molecule has 56 valence electrons. The summed E-state index contributed by atoms with van der Waals surface area (Å²) in [6.07, 6.45) is 4.77. The molecular formula is C8H12O2. The molecule has 0 heterocycles. The Morgan fingerprint density at radius 3 is 2.50 bits per heavy atom. The van der Waals surface area contributed by atoms with Gasteiger partial charge in [0.2, 0.25) is 0 Å². The van der Waals surface area contributed by atoms with Gasteiger partial charge in [-0.25, -0.2) is 0 Å². The largest absolute Gasteiger partial charge is 0.504 e. The van der Waals surface area contributed by atoms with Crippen LogP contribution in [0.2, 0.25) is 0 Å². The second-order valence-electron chi connectivity index (χ2n) is 1.66. The number of rotatable bonds is 3. The van der Waals surface area contributed by atoms with Crippen molar-refractivity contribution in [3.8, 4) is 0 Å². The average molecular weight is 140 g/mol. The third kappa shape index (κ3) is 2.40. The van der Waals surface area contributed by atoms with Crippen LogP contribution in [-0.4, -0.2) is 12.2 Å². The van der Waals surface area contributed by atoms with Gasteiger partial charge in [-0.3, -0.25) is 0 Å². The molecular weight excluding hydrogens is 128 g/mol. The number of aliphatic hydroxyl groups is 1. The Morgan fingerprint density at radius 1 is 1.60 bits per heavy atom. The summed E-state index contributed by atoms with van der Waals surface area (Å²) >= 11 is 0. The molecule has 0 unspecified atom stereocenters. The number of allylic oxidation sites excluding steroid dienone is 3. The summed E-state index contributed by atoms with van der Waals surface area (Å²) in [4.78, 5) is 0. The zero-order valence-corrected chi connectivity index (χ0v) is 6.29. The maximum Gasteiger partial charge on any atom is 0.160 e. The third-order valence-electron chi connectivity index (χ3n) is 0.984. The van der Waals surface area contributed by atoms with E-state index in [4.69, 9.17) is 9.84 Å². The van der Waals surface area contributed by atoms with Crippen molar-refractivity contribution in [1.82, 2.24) is 0 Å². The quantitative estimate of drug-likeness (QED) is 0.481. The standard InChI is InChI=1S/C8H12O2/c1-4-6-8(10-3)7(9)5-2/h4-6,9H,2H2,1,3H3/b6-4+,8-7-. The van der Waals surface area contributed by atoms with E-state index in [0.29, 0.717) is 5.76 Å². The fourth-order valence-corrected chi connectivity index (χ4v) is 0.510. The molecule has 0 aromatic heterocycles. The summed E-state index contributed by atoms with van der Waals surface area (Å²) in [5, 5.41) is 9.03. The molecule has 0 amide bonds. The Labute approximate surface area is 61.1 Å². The lowest BCUT2D eigenvalue weighted by molar-refractivity contribution is 0.275. The van der Waals surface area contributed by atoms with Crippen molar-refractivity contribution in [1.29, 1.82) is 0 Å². The van der Waals surface area contributed by atoms with E-state index in [0.717, 1.165) is 0 Å². The van der Waals surface area contributed by atoms with Crippen LogP contribution in [0.5, 0.6) is 0 Å². The van der Waals surface area contributed by atoms with Gasteiger partial charge in [-0.2, -0.15) is 0 Å². The van der Waals surface area contributed by atoms with Crippen LogP contribution in [0, 0.1) is 0 Å². The monoisotopic (exact) mass is 140 g/mol. The van der Waals surface area contributed by atoms with Crippen LogP contribution in [0.1, 0.15) is 6.92 Å². The number of ether oxygens (including phenoxy) is 1. The molecule has 0 fully saturated rings. The molecule has 0 atom stereocenters. The molecule has 0 aromatic rings. The van der Waals surface area contributed by atoms with Gasteiger partial charge in [-0.15, -0.1) is 0 Å². The van der Waals surface area contributed by atoms with Gasteiger partial charge in [0.15, 0.2) is 11.5 Å². The predicted octanol–water partition coefficient (Wildman–Crippen LogP) is 2.16. The van der Waals surface area contributed by atoms with E-state index >= 15 is 0 Å². The van der Waals surface area contributed by atoms with Gasteiger partial charge in [-0.05, 0) is 19.1 Å². The van der Waals surface area contributed by atoms with Crippen LogP contribution in [0.4, 0.5) is 0 Å². The Balaban J connectivity index is 4.44. The summed E-state index contributed by atoms with van der Waals surface area (Å²) < 4.78 is 4.81. The van der Waals surface area contributed by atoms with Gasteiger partial charge in [0.1, 0.15) is 0 Å². The molecule has 0 aliphatic rings. The molecule has 2 heteroatoms. The summed E-state index contributed by atoms with van der Waals surface area (Å²) in [7, 11) is 1.50. The van der Waals surface area contributed by atoms with E-state index in [-0.39, 0.29) is 5.76 Å². The molecule has 0 spiro atoms. The fraction of sp³-hybridized carbons (Fsp3) is 0.250. The van der Waals surface area contributed by atoms with E-state index in [1.54, 1.807) is 12.2 Å². The SMILES string of the molecule is C=C/C(O)=C(\C=C\C)OC. The Kier molecular flexibility index (Phi) is 4.12. The highest BCUT2D eigenvalue weighted by molar-refractivity contribution is 5.21. The number of hydrogen-bond donors (Lipinski definition) is 1. The van der Waals surface area contributed by atoms with Gasteiger partial charge in [0, 0.05) is 0 Å². The van der Waals surface area contributed by atoms with Gasteiger partial charge >= 0.3 is 0 Å². The van der Waals surface area contributed by atoms with Crippen LogP contribution in [0.25, 0.3) is 0 Å². The van der Waals surface area contributed by atoms with Crippen LogP contribution in [-0.2, 0) is 4.74 Å². The average Bonchev–Trinajstić information content (AvgIpc) is 1.99. The normalized spacial score (nSPS) is 13.0. The lowest BCUT2D eigenvalue weighted by Gasteiger charge is -1.99. The van der Waals surface area contributed by atoms with Crippen LogP contribution in [0.3, 0.4) is 0 Å². The Morgan fingerprint density at radius 2 is 2.20 bits per heavy atom. The molecule has 0 aliphatic heterocycles. The lowest BCUT2D eigenvalue weighted by Crippen LogP contribution is -1.87. The molecule has 0 aliphatic carbocycles. The molecule has 0 radical (unpaired) electrons. The Bertz CT molecular complexity index is 166. The van der Waals surface area contributed by atoms with Crippen LogP contribution < -0.4 is 0 Å². The minimum Gasteiger partial charge on any atom is -0.504 e. The maximum atomic E-state index is 9.03. The molecule has 0 bridgehead atoms. The topological polar surface area (TPSA) is 29.5 Å². The Hall–Kier alpha value is -1.18. The highest BCUT2D eigenvalue weighted by Crippen LogP contribution is 2.04. The molecule has 1 N–H and O–H groups in total. The summed E-state index contributed by atoms with van der Waals surface area (Å²) in [5.74, 6) is 0.484. The fourth-order valence-electron chi connectivity index (χ4n) is 0.510. The molecule has 0 rings (SSSR count). The van der Waals surface area contributed by atoms with Crippen molar-refractivity contribution in [3.05, 3.63) is 36.3 Å². The second-order valence-corrected chi connectivity index (χ2v) is 1.66. The van der Waals surface area contributed by atoms with Crippen molar-refractivity contribution in [3.63, 3.8) is 0 Å². The summed E-state index contributed by atoms with van der Waals surface area (Å²) in [5.41, 5.74) is 0. The molecule has 2 nitrogen and oxygen atoms in total.